The Morgan fingerprint density at radius 1 is 0.296 bits per heavy atom. The van der Waals surface area contributed by atoms with Crippen LogP contribution in [0.3, 0.4) is 0 Å². The lowest BCUT2D eigenvalue weighted by Crippen LogP contribution is -1.98. The first kappa shape index (κ1) is 28.3. The monoisotopic (exact) mass is 684 g/mol. The molecular formula is C50H28N4. The molecule has 4 heterocycles. The van der Waals surface area contributed by atoms with Crippen molar-refractivity contribution in [2.45, 2.75) is 0 Å². The zero-order valence-electron chi connectivity index (χ0n) is 29.0. The van der Waals surface area contributed by atoms with Gasteiger partial charge in [-0.2, -0.15) is 0 Å². The number of rotatable bonds is 1. The van der Waals surface area contributed by atoms with Crippen molar-refractivity contribution >= 4 is 109 Å². The van der Waals surface area contributed by atoms with Crippen LogP contribution in [-0.2, 0) is 0 Å². The number of para-hydroxylation sites is 4. The summed E-state index contributed by atoms with van der Waals surface area (Å²) < 4.78 is 4.86. The summed E-state index contributed by atoms with van der Waals surface area (Å²) in [6.45, 7) is 0. The Kier molecular flexibility index (Phi) is 5.34. The van der Waals surface area contributed by atoms with E-state index in [9.17, 15) is 0 Å². The van der Waals surface area contributed by atoms with Gasteiger partial charge in [0.1, 0.15) is 5.52 Å². The second kappa shape index (κ2) is 10.2. The van der Waals surface area contributed by atoms with Crippen LogP contribution in [0, 0.1) is 0 Å². The molecule has 0 aliphatic heterocycles. The van der Waals surface area contributed by atoms with Gasteiger partial charge in [0, 0.05) is 26.9 Å². The Labute approximate surface area is 307 Å². The van der Waals surface area contributed by atoms with Crippen LogP contribution in [0.2, 0.25) is 0 Å². The van der Waals surface area contributed by atoms with Crippen molar-refractivity contribution in [3.63, 3.8) is 0 Å². The van der Waals surface area contributed by atoms with Crippen LogP contribution in [0.25, 0.3) is 120 Å². The van der Waals surface area contributed by atoms with Gasteiger partial charge in [-0.25, -0.2) is 9.97 Å². The van der Waals surface area contributed by atoms with Crippen molar-refractivity contribution in [2.75, 3.05) is 0 Å². The van der Waals surface area contributed by atoms with Crippen LogP contribution in [-0.4, -0.2) is 18.8 Å². The molecule has 0 aliphatic rings. The fourth-order valence-corrected chi connectivity index (χ4v) is 9.48. The molecule has 0 aliphatic carbocycles. The highest BCUT2D eigenvalue weighted by atomic mass is 15.0. The minimum Gasteiger partial charge on any atom is -0.306 e. The quantitative estimate of drug-likeness (QED) is 0.161. The molecule has 4 heteroatoms. The van der Waals surface area contributed by atoms with E-state index in [1.165, 1.54) is 70.5 Å². The van der Waals surface area contributed by atoms with Gasteiger partial charge in [-0.15, -0.1) is 0 Å². The molecule has 0 amide bonds. The largest absolute Gasteiger partial charge is 0.306 e. The van der Waals surface area contributed by atoms with Crippen LogP contribution in [0.5, 0.6) is 0 Å². The lowest BCUT2D eigenvalue weighted by molar-refractivity contribution is 1.24. The molecule has 13 aromatic rings. The summed E-state index contributed by atoms with van der Waals surface area (Å²) in [6, 6.07) is 61.8. The first-order valence-corrected chi connectivity index (χ1v) is 18.5. The van der Waals surface area contributed by atoms with Crippen molar-refractivity contribution in [2.24, 2.45) is 0 Å². The topological polar surface area (TPSA) is 34.6 Å². The Morgan fingerprint density at radius 3 is 1.39 bits per heavy atom. The zero-order chi connectivity index (χ0) is 35.1. The summed E-state index contributed by atoms with van der Waals surface area (Å²) in [6.07, 6.45) is 0. The maximum atomic E-state index is 5.44. The van der Waals surface area contributed by atoms with Crippen molar-refractivity contribution in [1.82, 2.24) is 18.8 Å². The van der Waals surface area contributed by atoms with E-state index in [1.54, 1.807) is 0 Å². The van der Waals surface area contributed by atoms with Gasteiger partial charge in [0.25, 0.3) is 0 Å². The molecule has 0 bridgehead atoms. The van der Waals surface area contributed by atoms with E-state index in [4.69, 9.17) is 9.97 Å². The van der Waals surface area contributed by atoms with E-state index in [-0.39, 0.29) is 0 Å². The van der Waals surface area contributed by atoms with Gasteiger partial charge in [-0.1, -0.05) is 127 Å². The summed E-state index contributed by atoms with van der Waals surface area (Å²) in [5, 5.41) is 13.6. The third-order valence-corrected chi connectivity index (χ3v) is 11.8. The first-order chi connectivity index (χ1) is 26.8. The third-order valence-electron chi connectivity index (χ3n) is 11.8. The van der Waals surface area contributed by atoms with Crippen molar-refractivity contribution < 1.29 is 0 Å². The summed E-state index contributed by atoms with van der Waals surface area (Å²) in [5.41, 5.74) is 11.5. The molecule has 0 atom stereocenters. The van der Waals surface area contributed by atoms with Crippen molar-refractivity contribution in [1.29, 1.82) is 0 Å². The summed E-state index contributed by atoms with van der Waals surface area (Å²) in [7, 11) is 0. The van der Waals surface area contributed by atoms with Gasteiger partial charge in [0.05, 0.1) is 38.6 Å². The Morgan fingerprint density at radius 2 is 0.741 bits per heavy atom. The SMILES string of the molecule is c1ccc2nc3c(nc2c1)c1ccc(-c2ccc4c5ccccc5c5ccccc5c4c2)cc1n1c2ccccc2c2ccc4c5ccccc5n3c4c21. The highest BCUT2D eigenvalue weighted by Gasteiger charge is 2.22. The minimum absolute atomic E-state index is 0.849. The molecular weight excluding hydrogens is 657 g/mol. The number of hydrogen-bond donors (Lipinski definition) is 0. The van der Waals surface area contributed by atoms with Crippen LogP contribution in [0.15, 0.2) is 170 Å². The van der Waals surface area contributed by atoms with Gasteiger partial charge in [-0.05, 0) is 85.9 Å². The van der Waals surface area contributed by atoms with Gasteiger partial charge in [0.2, 0.25) is 0 Å². The van der Waals surface area contributed by atoms with Gasteiger partial charge >= 0.3 is 0 Å². The number of fused-ring (bicyclic) bond motifs is 18. The smallest absolute Gasteiger partial charge is 0.165 e. The second-order valence-electron chi connectivity index (χ2n) is 14.5. The molecule has 0 radical (unpaired) electrons. The Balaban J connectivity index is 1.26. The number of hydrogen-bond acceptors (Lipinski definition) is 2. The minimum atomic E-state index is 0.849. The Bertz CT molecular complexity index is 3760. The molecule has 0 spiro atoms. The fourth-order valence-electron chi connectivity index (χ4n) is 9.48. The van der Waals surface area contributed by atoms with Crippen molar-refractivity contribution in [3.05, 3.63) is 170 Å². The normalized spacial score (nSPS) is 12.4. The molecule has 0 N–H and O–H groups in total. The molecule has 9 aromatic carbocycles. The predicted octanol–water partition coefficient (Wildman–Crippen LogP) is 13.0. The Hall–Kier alpha value is -7.30. The highest BCUT2D eigenvalue weighted by Crippen LogP contribution is 2.43. The van der Waals surface area contributed by atoms with Gasteiger partial charge in [0.15, 0.2) is 5.65 Å². The average Bonchev–Trinajstić information content (AvgIpc) is 3.75. The molecule has 13 rings (SSSR count). The maximum Gasteiger partial charge on any atom is 0.165 e. The van der Waals surface area contributed by atoms with Crippen molar-refractivity contribution in [3.8, 4) is 11.1 Å². The standard InChI is InChI=1S/C50H28N4/c1-2-13-33-31(11-1)32-12-3-4-14-34(32)41-27-29(21-23-35(33)41)30-22-24-40-46(28-30)53-44-19-9-5-15-36(44)38-25-26-39-37-16-6-10-20-45(37)54(49(39)48(38)53)50-47(40)51-42-17-7-8-18-43(42)52-50/h1-28H. The molecule has 0 saturated heterocycles. The maximum absolute atomic E-state index is 5.44. The lowest BCUT2D eigenvalue weighted by Gasteiger charge is -2.14. The first-order valence-electron chi connectivity index (χ1n) is 18.5. The molecule has 54 heavy (non-hydrogen) atoms. The molecule has 0 saturated carbocycles. The summed E-state index contributed by atoms with van der Waals surface area (Å²) in [5.74, 6) is 0. The van der Waals surface area contributed by atoms with E-state index in [2.05, 4.69) is 167 Å². The fraction of sp³-hybridized carbons (Fsp3) is 0. The highest BCUT2D eigenvalue weighted by molar-refractivity contribution is 6.27. The van der Waals surface area contributed by atoms with E-state index in [0.717, 1.165) is 49.7 Å². The van der Waals surface area contributed by atoms with Crippen LogP contribution in [0.4, 0.5) is 0 Å². The van der Waals surface area contributed by atoms with Gasteiger partial charge in [-0.3, -0.25) is 4.40 Å². The summed E-state index contributed by atoms with van der Waals surface area (Å²) >= 11 is 0. The number of benzene rings is 9. The number of nitrogens with zero attached hydrogens (tertiary/aromatic N) is 4. The molecule has 0 unspecified atom stereocenters. The van der Waals surface area contributed by atoms with E-state index in [0.29, 0.717) is 0 Å². The molecule has 248 valence electrons. The molecule has 4 nitrogen and oxygen atoms in total. The molecule has 4 aromatic heterocycles. The van der Waals surface area contributed by atoms with E-state index < -0.39 is 0 Å². The van der Waals surface area contributed by atoms with Crippen LogP contribution < -0.4 is 0 Å². The van der Waals surface area contributed by atoms with E-state index in [1.807, 2.05) is 12.1 Å². The predicted molar refractivity (Wildman–Crippen MR) is 227 cm³/mol. The number of aromatic nitrogens is 4. The van der Waals surface area contributed by atoms with Crippen LogP contribution >= 0.6 is 0 Å². The lowest BCUT2D eigenvalue weighted by atomic mass is 9.92. The second-order valence-corrected chi connectivity index (χ2v) is 14.5. The third kappa shape index (κ3) is 3.57. The summed E-state index contributed by atoms with van der Waals surface area (Å²) in [4.78, 5) is 10.9. The van der Waals surface area contributed by atoms with Crippen LogP contribution in [0.1, 0.15) is 0 Å². The average molecular weight is 685 g/mol. The van der Waals surface area contributed by atoms with Gasteiger partial charge < -0.3 is 4.40 Å². The van der Waals surface area contributed by atoms with E-state index >= 15 is 0 Å². The molecule has 0 fully saturated rings. The zero-order valence-corrected chi connectivity index (χ0v) is 29.0.